The van der Waals surface area contributed by atoms with E-state index in [9.17, 15) is 0 Å². The third-order valence-electron chi connectivity index (χ3n) is 3.97. The van der Waals surface area contributed by atoms with Crippen LogP contribution in [0.5, 0.6) is 11.5 Å². The molecule has 17 heavy (non-hydrogen) atoms. The van der Waals surface area contributed by atoms with E-state index in [2.05, 4.69) is 18.8 Å². The SMILES string of the molecule is COc1cncc(OC)c1C(C)(C)C1(N)CC1. The zero-order valence-electron chi connectivity index (χ0n) is 10.9. The van der Waals surface area contributed by atoms with E-state index in [0.29, 0.717) is 0 Å². The summed E-state index contributed by atoms with van der Waals surface area (Å²) in [6, 6.07) is 0. The van der Waals surface area contributed by atoms with Gasteiger partial charge in [0.05, 0.1) is 26.6 Å². The summed E-state index contributed by atoms with van der Waals surface area (Å²) >= 11 is 0. The number of ether oxygens (including phenoxy) is 2. The lowest BCUT2D eigenvalue weighted by atomic mass is 9.75. The number of nitrogens with two attached hydrogens (primary N) is 1. The van der Waals surface area contributed by atoms with E-state index in [4.69, 9.17) is 15.2 Å². The van der Waals surface area contributed by atoms with Crippen LogP contribution in [0.1, 0.15) is 32.3 Å². The minimum atomic E-state index is -0.188. The van der Waals surface area contributed by atoms with Crippen LogP contribution in [0.2, 0.25) is 0 Å². The second-order valence-electron chi connectivity index (χ2n) is 5.20. The third-order valence-corrected chi connectivity index (χ3v) is 3.97. The molecule has 1 aromatic rings. The average molecular weight is 236 g/mol. The van der Waals surface area contributed by atoms with Crippen molar-refractivity contribution in [3.8, 4) is 11.5 Å². The fourth-order valence-electron chi connectivity index (χ4n) is 2.36. The molecule has 1 aliphatic carbocycles. The molecule has 1 saturated carbocycles. The van der Waals surface area contributed by atoms with Crippen LogP contribution >= 0.6 is 0 Å². The molecule has 4 heteroatoms. The first-order valence-corrected chi connectivity index (χ1v) is 5.81. The molecule has 0 atom stereocenters. The number of nitrogens with zero attached hydrogens (tertiary/aromatic N) is 1. The van der Waals surface area contributed by atoms with Crippen molar-refractivity contribution in [1.82, 2.24) is 4.98 Å². The predicted molar refractivity (Wildman–Crippen MR) is 66.5 cm³/mol. The highest BCUT2D eigenvalue weighted by atomic mass is 16.5. The van der Waals surface area contributed by atoms with E-state index in [0.717, 1.165) is 29.9 Å². The Morgan fingerprint density at radius 1 is 1.18 bits per heavy atom. The second-order valence-corrected chi connectivity index (χ2v) is 5.20. The molecule has 1 aromatic heterocycles. The average Bonchev–Trinajstić information content (AvgIpc) is 3.07. The summed E-state index contributed by atoms with van der Waals surface area (Å²) in [4.78, 5) is 4.11. The molecular weight excluding hydrogens is 216 g/mol. The van der Waals surface area contributed by atoms with Crippen molar-refractivity contribution in [1.29, 1.82) is 0 Å². The summed E-state index contributed by atoms with van der Waals surface area (Å²) < 4.78 is 10.8. The lowest BCUT2D eigenvalue weighted by molar-refractivity contribution is 0.325. The van der Waals surface area contributed by atoms with Crippen LogP contribution in [0.15, 0.2) is 12.4 Å². The molecule has 2 rings (SSSR count). The van der Waals surface area contributed by atoms with Gasteiger partial charge in [0.25, 0.3) is 0 Å². The Morgan fingerprint density at radius 2 is 1.65 bits per heavy atom. The van der Waals surface area contributed by atoms with Gasteiger partial charge in [0.2, 0.25) is 0 Å². The van der Waals surface area contributed by atoms with Crippen LogP contribution in [-0.2, 0) is 5.41 Å². The highest BCUT2D eigenvalue weighted by molar-refractivity contribution is 5.50. The van der Waals surface area contributed by atoms with Crippen LogP contribution in [0.4, 0.5) is 0 Å². The van der Waals surface area contributed by atoms with Crippen LogP contribution < -0.4 is 15.2 Å². The molecule has 0 saturated heterocycles. The molecule has 4 nitrogen and oxygen atoms in total. The van der Waals surface area contributed by atoms with E-state index >= 15 is 0 Å². The first kappa shape index (κ1) is 12.2. The number of methoxy groups -OCH3 is 2. The molecule has 1 aliphatic rings. The summed E-state index contributed by atoms with van der Waals surface area (Å²) in [5, 5.41) is 0. The number of hydrogen-bond acceptors (Lipinski definition) is 4. The summed E-state index contributed by atoms with van der Waals surface area (Å²) in [6.07, 6.45) is 5.50. The van der Waals surface area contributed by atoms with Gasteiger partial charge in [0, 0.05) is 16.5 Å². The molecule has 0 amide bonds. The van der Waals surface area contributed by atoms with Crippen molar-refractivity contribution in [3.63, 3.8) is 0 Å². The van der Waals surface area contributed by atoms with Crippen LogP contribution in [-0.4, -0.2) is 24.7 Å². The maximum Gasteiger partial charge on any atom is 0.144 e. The Bertz CT molecular complexity index is 403. The Balaban J connectivity index is 2.56. The fraction of sp³-hybridized carbons (Fsp3) is 0.615. The van der Waals surface area contributed by atoms with Gasteiger partial charge in [-0.2, -0.15) is 0 Å². The van der Waals surface area contributed by atoms with Crippen molar-refractivity contribution in [3.05, 3.63) is 18.0 Å². The van der Waals surface area contributed by atoms with E-state index in [-0.39, 0.29) is 11.0 Å². The van der Waals surface area contributed by atoms with Crippen LogP contribution in [0.3, 0.4) is 0 Å². The Morgan fingerprint density at radius 3 is 2.00 bits per heavy atom. The number of rotatable bonds is 4. The fourth-order valence-corrected chi connectivity index (χ4v) is 2.36. The number of hydrogen-bond donors (Lipinski definition) is 1. The number of pyridine rings is 1. The molecule has 0 unspecified atom stereocenters. The summed E-state index contributed by atoms with van der Waals surface area (Å²) in [7, 11) is 3.29. The van der Waals surface area contributed by atoms with Gasteiger partial charge in [-0.25, -0.2) is 0 Å². The van der Waals surface area contributed by atoms with Gasteiger partial charge in [0.1, 0.15) is 11.5 Å². The first-order chi connectivity index (χ1) is 7.96. The molecule has 0 radical (unpaired) electrons. The lowest BCUT2D eigenvalue weighted by Crippen LogP contribution is -2.43. The monoisotopic (exact) mass is 236 g/mol. The molecule has 0 bridgehead atoms. The molecule has 1 heterocycles. The first-order valence-electron chi connectivity index (χ1n) is 5.81. The zero-order chi connectivity index (χ0) is 12.7. The molecule has 0 aliphatic heterocycles. The van der Waals surface area contributed by atoms with E-state index in [1.807, 2.05) is 0 Å². The minimum absolute atomic E-state index is 0.158. The van der Waals surface area contributed by atoms with Crippen molar-refractivity contribution < 1.29 is 9.47 Å². The molecular formula is C13H20N2O2. The maximum absolute atomic E-state index is 6.37. The van der Waals surface area contributed by atoms with Crippen molar-refractivity contribution >= 4 is 0 Å². The quantitative estimate of drug-likeness (QED) is 0.867. The smallest absolute Gasteiger partial charge is 0.144 e. The van der Waals surface area contributed by atoms with Gasteiger partial charge in [-0.3, -0.25) is 4.98 Å². The second kappa shape index (κ2) is 3.88. The van der Waals surface area contributed by atoms with Crippen molar-refractivity contribution in [2.45, 2.75) is 37.6 Å². The topological polar surface area (TPSA) is 57.4 Å². The van der Waals surface area contributed by atoms with E-state index in [1.165, 1.54) is 0 Å². The highest BCUT2D eigenvalue weighted by Gasteiger charge is 2.54. The lowest BCUT2D eigenvalue weighted by Gasteiger charge is -2.34. The Labute approximate surface area is 102 Å². The van der Waals surface area contributed by atoms with Gasteiger partial charge in [0.15, 0.2) is 0 Å². The van der Waals surface area contributed by atoms with E-state index < -0.39 is 0 Å². The Hall–Kier alpha value is -1.29. The van der Waals surface area contributed by atoms with Crippen molar-refractivity contribution in [2.75, 3.05) is 14.2 Å². The van der Waals surface area contributed by atoms with E-state index in [1.54, 1.807) is 26.6 Å². The predicted octanol–water partition coefficient (Wildman–Crippen LogP) is 1.87. The largest absolute Gasteiger partial charge is 0.495 e. The van der Waals surface area contributed by atoms with Crippen LogP contribution in [0, 0.1) is 0 Å². The normalized spacial score (nSPS) is 17.7. The van der Waals surface area contributed by atoms with Gasteiger partial charge in [-0.05, 0) is 12.8 Å². The van der Waals surface area contributed by atoms with Crippen LogP contribution in [0.25, 0.3) is 0 Å². The summed E-state index contributed by atoms with van der Waals surface area (Å²) in [5.74, 6) is 1.48. The highest BCUT2D eigenvalue weighted by Crippen LogP contribution is 2.53. The van der Waals surface area contributed by atoms with Gasteiger partial charge in [-0.15, -0.1) is 0 Å². The molecule has 1 fully saturated rings. The maximum atomic E-state index is 6.37. The molecule has 94 valence electrons. The zero-order valence-corrected chi connectivity index (χ0v) is 10.9. The minimum Gasteiger partial charge on any atom is -0.495 e. The summed E-state index contributed by atoms with van der Waals surface area (Å²) in [5.41, 5.74) is 7.04. The summed E-state index contributed by atoms with van der Waals surface area (Å²) in [6.45, 7) is 4.28. The number of aromatic nitrogens is 1. The molecule has 0 aromatic carbocycles. The van der Waals surface area contributed by atoms with Gasteiger partial charge in [-0.1, -0.05) is 13.8 Å². The Kier molecular flexibility index (Phi) is 2.78. The molecule has 2 N–H and O–H groups in total. The van der Waals surface area contributed by atoms with Gasteiger partial charge < -0.3 is 15.2 Å². The third kappa shape index (κ3) is 1.76. The molecule has 0 spiro atoms. The van der Waals surface area contributed by atoms with Gasteiger partial charge >= 0.3 is 0 Å². The van der Waals surface area contributed by atoms with Crippen molar-refractivity contribution in [2.24, 2.45) is 5.73 Å². The standard InChI is InChI=1S/C13H20N2O2/c1-12(2,13(14)5-6-13)11-9(16-3)7-15-8-10(11)17-4/h7-8H,5-6,14H2,1-4H3.